The summed E-state index contributed by atoms with van der Waals surface area (Å²) in [5.74, 6) is 0.530. The zero-order valence-electron chi connectivity index (χ0n) is 15.2. The van der Waals surface area contributed by atoms with E-state index in [1.807, 2.05) is 18.2 Å². The Morgan fingerprint density at radius 1 is 1.11 bits per heavy atom. The van der Waals surface area contributed by atoms with Gasteiger partial charge in [-0.3, -0.25) is 0 Å². The zero-order valence-corrected chi connectivity index (χ0v) is 15.2. The number of quaternary nitrogens is 1. The van der Waals surface area contributed by atoms with Crippen LogP contribution >= 0.6 is 0 Å². The summed E-state index contributed by atoms with van der Waals surface area (Å²) in [5, 5.41) is 0.919. The van der Waals surface area contributed by atoms with Gasteiger partial charge >= 0.3 is 5.63 Å². The van der Waals surface area contributed by atoms with Gasteiger partial charge in [0.2, 0.25) is 0 Å². The van der Waals surface area contributed by atoms with Crippen molar-refractivity contribution >= 4 is 16.7 Å². The van der Waals surface area contributed by atoms with Crippen molar-refractivity contribution in [3.8, 4) is 5.75 Å². The molecule has 1 aliphatic rings. The van der Waals surface area contributed by atoms with Gasteiger partial charge in [0.15, 0.2) is 0 Å². The minimum absolute atomic E-state index is 0.215. The number of fused-ring (bicyclic) bond motifs is 1. The number of ether oxygens (including phenoxy) is 1. The van der Waals surface area contributed by atoms with Crippen LogP contribution in [0.25, 0.3) is 11.0 Å². The molecule has 0 radical (unpaired) electrons. The highest BCUT2D eigenvalue weighted by atomic mass is 19.1. The second-order valence-corrected chi connectivity index (χ2v) is 6.84. The van der Waals surface area contributed by atoms with Gasteiger partial charge in [0.05, 0.1) is 33.3 Å². The van der Waals surface area contributed by atoms with Crippen molar-refractivity contribution in [1.29, 1.82) is 0 Å². The molecule has 140 valence electrons. The molecule has 1 N–H and O–H groups in total. The van der Waals surface area contributed by atoms with Crippen molar-refractivity contribution in [2.24, 2.45) is 0 Å². The normalized spacial score (nSPS) is 15.3. The Bertz CT molecular complexity index is 992. The number of nitrogens with zero attached hydrogens (tertiary/aromatic N) is 1. The standard InChI is InChI=1S/C21H21FN2O3/c1-26-18-6-7-20-19(13-18)15(12-21(25)27-20)14-23-8-10-24(11-9-23)17-4-2-16(22)3-5-17/h2-7,12-13H,8-11,14H2,1H3/p+1. The van der Waals surface area contributed by atoms with E-state index in [2.05, 4.69) is 4.90 Å². The highest BCUT2D eigenvalue weighted by Crippen LogP contribution is 2.22. The van der Waals surface area contributed by atoms with Crippen molar-refractivity contribution in [1.82, 2.24) is 0 Å². The molecule has 0 spiro atoms. The lowest BCUT2D eigenvalue weighted by molar-refractivity contribution is -0.914. The first-order valence-corrected chi connectivity index (χ1v) is 9.07. The number of piperazine rings is 1. The molecule has 4 rings (SSSR count). The fourth-order valence-electron chi connectivity index (χ4n) is 3.66. The number of hydrogen-bond acceptors (Lipinski definition) is 4. The third-order valence-electron chi connectivity index (χ3n) is 5.14. The van der Waals surface area contributed by atoms with Crippen molar-refractivity contribution in [2.75, 3.05) is 38.2 Å². The van der Waals surface area contributed by atoms with E-state index in [-0.39, 0.29) is 11.4 Å². The van der Waals surface area contributed by atoms with Crippen LogP contribution in [0, 0.1) is 5.82 Å². The molecular formula is C21H22FN2O3+. The van der Waals surface area contributed by atoms with Crippen LogP contribution in [0.3, 0.4) is 0 Å². The number of rotatable bonds is 4. The predicted octanol–water partition coefficient (Wildman–Crippen LogP) is 1.85. The van der Waals surface area contributed by atoms with E-state index in [9.17, 15) is 9.18 Å². The van der Waals surface area contributed by atoms with E-state index in [1.165, 1.54) is 17.0 Å². The summed E-state index contributed by atoms with van der Waals surface area (Å²) < 4.78 is 23.7. The van der Waals surface area contributed by atoms with Crippen molar-refractivity contribution in [2.45, 2.75) is 6.54 Å². The molecule has 0 bridgehead atoms. The van der Waals surface area contributed by atoms with E-state index < -0.39 is 0 Å². The molecule has 1 aromatic heterocycles. The number of nitrogens with one attached hydrogen (secondary N) is 1. The molecule has 0 aliphatic carbocycles. The molecule has 0 unspecified atom stereocenters. The van der Waals surface area contributed by atoms with Gasteiger partial charge < -0.3 is 19.0 Å². The maximum Gasteiger partial charge on any atom is 0.336 e. The van der Waals surface area contributed by atoms with Crippen LogP contribution in [-0.2, 0) is 6.54 Å². The number of anilines is 1. The minimum Gasteiger partial charge on any atom is -0.497 e. The number of hydrogen-bond donors (Lipinski definition) is 1. The Morgan fingerprint density at radius 2 is 1.85 bits per heavy atom. The first-order chi connectivity index (χ1) is 13.1. The predicted molar refractivity (Wildman–Crippen MR) is 102 cm³/mol. The van der Waals surface area contributed by atoms with Crippen LogP contribution in [0.5, 0.6) is 5.75 Å². The fraction of sp³-hybridized carbons (Fsp3) is 0.286. The monoisotopic (exact) mass is 369 g/mol. The molecule has 2 aromatic carbocycles. The molecule has 5 nitrogen and oxygen atoms in total. The Kier molecular flexibility index (Phi) is 4.81. The van der Waals surface area contributed by atoms with E-state index in [4.69, 9.17) is 9.15 Å². The van der Waals surface area contributed by atoms with Gasteiger partial charge in [-0.25, -0.2) is 9.18 Å². The Morgan fingerprint density at radius 3 is 2.56 bits per heavy atom. The average molecular weight is 369 g/mol. The van der Waals surface area contributed by atoms with Crippen LogP contribution < -0.4 is 20.2 Å². The molecular weight excluding hydrogens is 347 g/mol. The van der Waals surface area contributed by atoms with Gasteiger partial charge in [0.25, 0.3) is 0 Å². The third-order valence-corrected chi connectivity index (χ3v) is 5.14. The summed E-state index contributed by atoms with van der Waals surface area (Å²) >= 11 is 0. The number of benzene rings is 2. The Labute approximate surface area is 156 Å². The summed E-state index contributed by atoms with van der Waals surface area (Å²) in [6, 6.07) is 13.7. The molecule has 1 saturated heterocycles. The van der Waals surface area contributed by atoms with Gasteiger partial charge in [0.1, 0.15) is 23.7 Å². The van der Waals surface area contributed by atoms with Crippen molar-refractivity contribution in [3.05, 3.63) is 70.3 Å². The molecule has 0 atom stereocenters. The van der Waals surface area contributed by atoms with Crippen LogP contribution in [0.1, 0.15) is 5.56 Å². The zero-order chi connectivity index (χ0) is 18.8. The summed E-state index contributed by atoms with van der Waals surface area (Å²) in [5.41, 5.74) is 2.28. The molecule has 1 aliphatic heterocycles. The van der Waals surface area contributed by atoms with Gasteiger partial charge in [-0.2, -0.15) is 0 Å². The summed E-state index contributed by atoms with van der Waals surface area (Å²) in [6.45, 7) is 4.44. The van der Waals surface area contributed by atoms with Crippen LogP contribution in [0.2, 0.25) is 0 Å². The van der Waals surface area contributed by atoms with Crippen LogP contribution in [0.4, 0.5) is 10.1 Å². The van der Waals surface area contributed by atoms with Gasteiger partial charge in [0, 0.05) is 22.7 Å². The smallest absolute Gasteiger partial charge is 0.336 e. The third kappa shape index (κ3) is 3.80. The van der Waals surface area contributed by atoms with Crippen LogP contribution in [0.15, 0.2) is 57.7 Å². The number of halogens is 1. The first kappa shape index (κ1) is 17.5. The Hall–Kier alpha value is -2.86. The van der Waals surface area contributed by atoms with Crippen molar-refractivity contribution < 1.29 is 18.4 Å². The topological polar surface area (TPSA) is 47.1 Å². The van der Waals surface area contributed by atoms with Crippen LogP contribution in [-0.4, -0.2) is 33.3 Å². The maximum absolute atomic E-state index is 13.1. The summed E-state index contributed by atoms with van der Waals surface area (Å²) in [7, 11) is 1.62. The SMILES string of the molecule is COc1ccc2oc(=O)cc(C[NH+]3CCN(c4ccc(F)cc4)CC3)c2c1. The molecule has 27 heavy (non-hydrogen) atoms. The van der Waals surface area contributed by atoms with Gasteiger partial charge in [-0.15, -0.1) is 0 Å². The lowest BCUT2D eigenvalue weighted by Crippen LogP contribution is -3.13. The average Bonchev–Trinajstić information content (AvgIpc) is 2.69. The maximum atomic E-state index is 13.1. The largest absolute Gasteiger partial charge is 0.497 e. The fourth-order valence-corrected chi connectivity index (χ4v) is 3.66. The van der Waals surface area contributed by atoms with E-state index >= 15 is 0 Å². The molecule has 1 fully saturated rings. The lowest BCUT2D eigenvalue weighted by atomic mass is 10.1. The van der Waals surface area contributed by atoms with E-state index in [0.717, 1.165) is 55.1 Å². The lowest BCUT2D eigenvalue weighted by Gasteiger charge is -2.33. The van der Waals surface area contributed by atoms with E-state index in [0.29, 0.717) is 5.58 Å². The Balaban J connectivity index is 1.50. The molecule has 3 aromatic rings. The summed E-state index contributed by atoms with van der Waals surface area (Å²) in [6.07, 6.45) is 0. The number of methoxy groups -OCH3 is 1. The second-order valence-electron chi connectivity index (χ2n) is 6.84. The molecule has 0 saturated carbocycles. The molecule has 2 heterocycles. The van der Waals surface area contributed by atoms with Crippen molar-refractivity contribution in [3.63, 3.8) is 0 Å². The highest BCUT2D eigenvalue weighted by molar-refractivity contribution is 5.81. The second kappa shape index (κ2) is 7.40. The minimum atomic E-state index is -0.327. The van der Waals surface area contributed by atoms with E-state index in [1.54, 1.807) is 25.3 Å². The highest BCUT2D eigenvalue weighted by Gasteiger charge is 2.21. The summed E-state index contributed by atoms with van der Waals surface area (Å²) in [4.78, 5) is 15.6. The van der Waals surface area contributed by atoms with Gasteiger partial charge in [-0.05, 0) is 42.5 Å². The first-order valence-electron chi connectivity index (χ1n) is 9.07. The molecule has 0 amide bonds. The molecule has 6 heteroatoms. The quantitative estimate of drug-likeness (QED) is 0.713. The van der Waals surface area contributed by atoms with Gasteiger partial charge in [-0.1, -0.05) is 0 Å².